The van der Waals surface area contributed by atoms with E-state index in [0.717, 1.165) is 0 Å². The molecule has 1 aliphatic rings. The number of aliphatic imine (C=N–C) groups is 1. The fourth-order valence-electron chi connectivity index (χ4n) is 2.39. The Morgan fingerprint density at radius 3 is 2.65 bits per heavy atom. The molecule has 1 saturated heterocycles. The van der Waals surface area contributed by atoms with Gasteiger partial charge < -0.3 is 9.90 Å². The number of halogens is 1. The lowest BCUT2D eigenvalue weighted by molar-refractivity contribution is -0.255. The number of likely N-dealkylation sites (N-methyl/N-ethyl adjacent to an activating group) is 1. The van der Waals surface area contributed by atoms with Gasteiger partial charge in [0.05, 0.1) is 16.6 Å². The largest absolute Gasteiger partial charge is 0.545 e. The van der Waals surface area contributed by atoms with Gasteiger partial charge in [-0.25, -0.2) is 9.38 Å². The first-order valence-corrected chi connectivity index (χ1v) is 8.66. The number of carbonyl (C=O) groups is 2. The molecule has 0 spiro atoms. The molecular formula is C19H14FN2O3S-. The van der Waals surface area contributed by atoms with Crippen molar-refractivity contribution in [1.82, 2.24) is 4.90 Å². The molecule has 0 radical (unpaired) electrons. The van der Waals surface area contributed by atoms with Crippen LogP contribution in [0.4, 0.5) is 10.1 Å². The summed E-state index contributed by atoms with van der Waals surface area (Å²) >= 11 is 1.19. The van der Waals surface area contributed by atoms with Crippen LogP contribution in [0, 0.1) is 5.82 Å². The van der Waals surface area contributed by atoms with E-state index < -0.39 is 5.97 Å². The standard InChI is InChI=1S/C19H15FN2O3S/c1-2-22-17(23)16(10-12-6-8-14(20)9-7-12)26-19(22)21-15-5-3-4-13(11-15)18(24)25/h3-11H,2H2,1H3,(H,24,25)/p-1/b16-10+,21-19?. The van der Waals surface area contributed by atoms with Gasteiger partial charge in [-0.15, -0.1) is 0 Å². The molecule has 0 saturated carbocycles. The average Bonchev–Trinajstić information content (AvgIpc) is 2.91. The number of amides is 1. The zero-order valence-corrected chi connectivity index (χ0v) is 14.6. The first kappa shape index (κ1) is 17.9. The van der Waals surface area contributed by atoms with Gasteiger partial charge in [-0.2, -0.15) is 0 Å². The number of aromatic carboxylic acids is 1. The molecule has 3 rings (SSSR count). The first-order chi connectivity index (χ1) is 12.5. The second kappa shape index (κ2) is 7.53. The van der Waals surface area contributed by atoms with Gasteiger partial charge in [0.1, 0.15) is 5.82 Å². The highest BCUT2D eigenvalue weighted by Crippen LogP contribution is 2.34. The monoisotopic (exact) mass is 369 g/mol. The highest BCUT2D eigenvalue weighted by Gasteiger charge is 2.32. The van der Waals surface area contributed by atoms with Crippen molar-refractivity contribution in [2.75, 3.05) is 6.54 Å². The third-order valence-electron chi connectivity index (χ3n) is 3.68. The van der Waals surface area contributed by atoms with Crippen LogP contribution in [-0.2, 0) is 4.79 Å². The number of hydrogen-bond acceptors (Lipinski definition) is 5. The summed E-state index contributed by atoms with van der Waals surface area (Å²) in [6.07, 6.45) is 1.68. The summed E-state index contributed by atoms with van der Waals surface area (Å²) in [5.41, 5.74) is 1.15. The highest BCUT2D eigenvalue weighted by molar-refractivity contribution is 8.18. The number of nitrogens with zero attached hydrogens (tertiary/aromatic N) is 2. The van der Waals surface area contributed by atoms with Gasteiger partial charge in [0.25, 0.3) is 5.91 Å². The number of rotatable bonds is 4. The molecule has 1 amide bonds. The number of carboxylic acid groups (broad SMARTS) is 1. The summed E-state index contributed by atoms with van der Waals surface area (Å²) in [5.74, 6) is -1.83. The van der Waals surface area contributed by atoms with Crippen molar-refractivity contribution in [2.24, 2.45) is 4.99 Å². The highest BCUT2D eigenvalue weighted by atomic mass is 32.2. The minimum Gasteiger partial charge on any atom is -0.545 e. The molecule has 7 heteroatoms. The van der Waals surface area contributed by atoms with E-state index in [1.165, 1.54) is 40.9 Å². The molecule has 132 valence electrons. The summed E-state index contributed by atoms with van der Waals surface area (Å²) in [6.45, 7) is 2.25. The number of amidine groups is 1. The van der Waals surface area contributed by atoms with Gasteiger partial charge in [-0.1, -0.05) is 24.3 Å². The SMILES string of the molecule is CCN1C(=O)/C(=C\c2ccc(F)cc2)SC1=Nc1cccc(C(=O)[O-])c1. The van der Waals surface area contributed by atoms with Crippen molar-refractivity contribution in [1.29, 1.82) is 0 Å². The van der Waals surface area contributed by atoms with Gasteiger partial charge in [0.2, 0.25) is 0 Å². The molecule has 1 aliphatic heterocycles. The van der Waals surface area contributed by atoms with Crippen molar-refractivity contribution in [2.45, 2.75) is 6.92 Å². The molecule has 1 fully saturated rings. The Bertz CT molecular complexity index is 923. The van der Waals surface area contributed by atoms with Crippen LogP contribution in [0.5, 0.6) is 0 Å². The maximum absolute atomic E-state index is 13.0. The van der Waals surface area contributed by atoms with Crippen LogP contribution in [0.3, 0.4) is 0 Å². The molecule has 26 heavy (non-hydrogen) atoms. The minimum absolute atomic E-state index is 0.0197. The third-order valence-corrected chi connectivity index (χ3v) is 4.69. The number of hydrogen-bond donors (Lipinski definition) is 0. The predicted octanol–water partition coefficient (Wildman–Crippen LogP) is 2.81. The molecular weight excluding hydrogens is 355 g/mol. The van der Waals surface area contributed by atoms with Crippen LogP contribution in [-0.4, -0.2) is 28.5 Å². The third kappa shape index (κ3) is 3.83. The van der Waals surface area contributed by atoms with E-state index in [1.807, 2.05) is 6.92 Å². The van der Waals surface area contributed by atoms with Crippen molar-refractivity contribution < 1.29 is 19.1 Å². The Labute approximate surface area is 153 Å². The van der Waals surface area contributed by atoms with Crippen molar-refractivity contribution >= 4 is 40.6 Å². The Kier molecular flexibility index (Phi) is 5.18. The van der Waals surface area contributed by atoms with Crippen LogP contribution in [0.15, 0.2) is 58.4 Å². The molecule has 0 N–H and O–H groups in total. The van der Waals surface area contributed by atoms with Crippen LogP contribution >= 0.6 is 11.8 Å². The quantitative estimate of drug-likeness (QED) is 0.777. The Morgan fingerprint density at radius 1 is 1.27 bits per heavy atom. The summed E-state index contributed by atoms with van der Waals surface area (Å²) in [5, 5.41) is 11.4. The van der Waals surface area contributed by atoms with Gasteiger partial charge >= 0.3 is 0 Å². The Hall–Kier alpha value is -2.93. The molecule has 1 heterocycles. The summed E-state index contributed by atoms with van der Waals surface area (Å²) in [7, 11) is 0. The maximum Gasteiger partial charge on any atom is 0.266 e. The van der Waals surface area contributed by atoms with E-state index in [4.69, 9.17) is 0 Å². The zero-order chi connectivity index (χ0) is 18.7. The van der Waals surface area contributed by atoms with Crippen molar-refractivity contribution in [3.05, 3.63) is 70.4 Å². The topological polar surface area (TPSA) is 72.8 Å². The summed E-state index contributed by atoms with van der Waals surface area (Å²) in [4.78, 5) is 29.9. The molecule has 0 aromatic heterocycles. The van der Waals surface area contributed by atoms with Crippen molar-refractivity contribution in [3.8, 4) is 0 Å². The minimum atomic E-state index is -1.29. The van der Waals surface area contributed by atoms with Gasteiger partial charge in [0, 0.05) is 6.54 Å². The predicted molar refractivity (Wildman–Crippen MR) is 97.2 cm³/mol. The number of thioether (sulfide) groups is 1. The molecule has 0 bridgehead atoms. The van der Waals surface area contributed by atoms with Crippen LogP contribution in [0.1, 0.15) is 22.8 Å². The average molecular weight is 369 g/mol. The normalized spacial score (nSPS) is 17.3. The Morgan fingerprint density at radius 2 is 2.00 bits per heavy atom. The van der Waals surface area contributed by atoms with E-state index in [0.29, 0.717) is 27.9 Å². The van der Waals surface area contributed by atoms with E-state index in [9.17, 15) is 19.1 Å². The van der Waals surface area contributed by atoms with E-state index in [1.54, 1.807) is 30.3 Å². The lowest BCUT2D eigenvalue weighted by Gasteiger charge is -2.12. The molecule has 0 unspecified atom stereocenters. The Balaban J connectivity index is 1.93. The number of carbonyl (C=O) groups excluding carboxylic acids is 2. The fraction of sp³-hybridized carbons (Fsp3) is 0.105. The summed E-state index contributed by atoms with van der Waals surface area (Å²) in [6, 6.07) is 11.9. The molecule has 5 nitrogen and oxygen atoms in total. The van der Waals surface area contributed by atoms with E-state index in [-0.39, 0.29) is 17.3 Å². The van der Waals surface area contributed by atoms with Gasteiger partial charge in [0.15, 0.2) is 5.17 Å². The van der Waals surface area contributed by atoms with Crippen LogP contribution in [0.25, 0.3) is 6.08 Å². The van der Waals surface area contributed by atoms with Crippen LogP contribution < -0.4 is 5.11 Å². The molecule has 2 aromatic carbocycles. The lowest BCUT2D eigenvalue weighted by atomic mass is 10.2. The molecule has 0 atom stereocenters. The van der Waals surface area contributed by atoms with Gasteiger partial charge in [-0.3, -0.25) is 9.69 Å². The van der Waals surface area contributed by atoms with Crippen molar-refractivity contribution in [3.63, 3.8) is 0 Å². The number of carboxylic acids is 1. The van der Waals surface area contributed by atoms with Gasteiger partial charge in [-0.05, 0) is 60.2 Å². The maximum atomic E-state index is 13.0. The second-order valence-electron chi connectivity index (χ2n) is 5.44. The lowest BCUT2D eigenvalue weighted by Crippen LogP contribution is -2.28. The van der Waals surface area contributed by atoms with E-state index in [2.05, 4.69) is 4.99 Å². The molecule has 2 aromatic rings. The fourth-order valence-corrected chi connectivity index (χ4v) is 3.46. The summed E-state index contributed by atoms with van der Waals surface area (Å²) < 4.78 is 13.0. The number of benzene rings is 2. The zero-order valence-electron chi connectivity index (χ0n) is 13.8. The smallest absolute Gasteiger partial charge is 0.266 e. The second-order valence-corrected chi connectivity index (χ2v) is 6.45. The molecule has 0 aliphatic carbocycles. The van der Waals surface area contributed by atoms with E-state index >= 15 is 0 Å². The first-order valence-electron chi connectivity index (χ1n) is 7.85. The van der Waals surface area contributed by atoms with Crippen LogP contribution in [0.2, 0.25) is 0 Å².